The Morgan fingerprint density at radius 3 is 1.45 bits per heavy atom. The summed E-state index contributed by atoms with van der Waals surface area (Å²) in [5.74, 6) is 0. The van der Waals surface area contributed by atoms with Crippen LogP contribution in [0.15, 0.2) is 243 Å². The average Bonchev–Trinajstić information content (AvgIpc) is 4.09. The molecule has 302 valence electrons. The molecule has 0 aliphatic heterocycles. The first-order valence-electron chi connectivity index (χ1n) is 22.6. The van der Waals surface area contributed by atoms with Crippen molar-refractivity contribution in [3.63, 3.8) is 0 Å². The number of rotatable bonds is 5. The third-order valence-corrected chi connectivity index (χ3v) is 14.3. The zero-order valence-electron chi connectivity index (χ0n) is 35.5. The van der Waals surface area contributed by atoms with Gasteiger partial charge in [-0.15, -0.1) is 0 Å². The minimum absolute atomic E-state index is 0.402. The van der Waals surface area contributed by atoms with Gasteiger partial charge in [0.2, 0.25) is 0 Å². The number of hydrogen-bond acceptors (Lipinski definition) is 0. The molecule has 2 heterocycles. The molecule has 2 aliphatic rings. The summed E-state index contributed by atoms with van der Waals surface area (Å²) in [5, 5.41) is 3.67. The van der Waals surface area contributed by atoms with Crippen LogP contribution < -0.4 is 0 Å². The third kappa shape index (κ3) is 4.94. The molecule has 0 radical (unpaired) electrons. The standard InChI is InChI=1S/C63H40N2/c1-4-19-41(20-5-1)59-53-38-37-52-51-30-13-17-34-58(51)64(61(52)62(53)65(45-24-8-3-9-25-45)60(59)42-21-6-2-7-22-42)46-26-18-23-43(39-46)44-35-36-50-49-29-12-16-33-56(49)63(57(50)40-44)54-31-14-10-27-47(54)48-28-11-15-32-55(48)63/h1-40H. The van der Waals surface area contributed by atoms with E-state index >= 15 is 0 Å². The lowest BCUT2D eigenvalue weighted by atomic mass is 9.70. The number of para-hydroxylation sites is 2. The van der Waals surface area contributed by atoms with Crippen molar-refractivity contribution in [2.75, 3.05) is 0 Å². The van der Waals surface area contributed by atoms with Crippen LogP contribution in [0.3, 0.4) is 0 Å². The van der Waals surface area contributed by atoms with Gasteiger partial charge in [-0.3, -0.25) is 0 Å². The van der Waals surface area contributed by atoms with Crippen molar-refractivity contribution in [1.82, 2.24) is 9.13 Å². The van der Waals surface area contributed by atoms with E-state index in [9.17, 15) is 0 Å². The molecule has 0 N–H and O–H groups in total. The highest BCUT2D eigenvalue weighted by Crippen LogP contribution is 2.63. The molecule has 0 amide bonds. The van der Waals surface area contributed by atoms with Gasteiger partial charge in [0.05, 0.1) is 27.7 Å². The molecule has 0 saturated heterocycles. The van der Waals surface area contributed by atoms with Crippen LogP contribution >= 0.6 is 0 Å². The molecule has 2 aliphatic carbocycles. The van der Waals surface area contributed by atoms with E-state index in [1.54, 1.807) is 0 Å². The lowest BCUT2D eigenvalue weighted by Gasteiger charge is -2.30. The summed E-state index contributed by atoms with van der Waals surface area (Å²) in [7, 11) is 0. The molecule has 2 nitrogen and oxygen atoms in total. The number of nitrogens with zero attached hydrogens (tertiary/aromatic N) is 2. The fraction of sp³-hybridized carbons (Fsp3) is 0.0159. The van der Waals surface area contributed by atoms with Gasteiger partial charge in [-0.25, -0.2) is 0 Å². The zero-order valence-corrected chi connectivity index (χ0v) is 35.5. The maximum atomic E-state index is 2.52. The van der Waals surface area contributed by atoms with Crippen molar-refractivity contribution in [2.45, 2.75) is 5.41 Å². The number of benzene rings is 10. The van der Waals surface area contributed by atoms with Gasteiger partial charge in [-0.05, 0) is 103 Å². The predicted octanol–water partition coefficient (Wildman–Crippen LogP) is 16.1. The van der Waals surface area contributed by atoms with Gasteiger partial charge >= 0.3 is 0 Å². The Balaban J connectivity index is 1.05. The topological polar surface area (TPSA) is 9.86 Å². The van der Waals surface area contributed by atoms with Crippen LogP contribution in [0, 0.1) is 0 Å². The Morgan fingerprint density at radius 1 is 0.277 bits per heavy atom. The minimum atomic E-state index is -0.402. The Kier molecular flexibility index (Phi) is 7.64. The van der Waals surface area contributed by atoms with E-state index in [1.807, 2.05) is 0 Å². The lowest BCUT2D eigenvalue weighted by molar-refractivity contribution is 0.794. The predicted molar refractivity (Wildman–Crippen MR) is 270 cm³/mol. The third-order valence-electron chi connectivity index (χ3n) is 14.3. The summed E-state index contributed by atoms with van der Waals surface area (Å²) in [6.45, 7) is 0. The summed E-state index contributed by atoms with van der Waals surface area (Å²) in [6, 6.07) is 90.0. The Labute approximate surface area is 377 Å². The van der Waals surface area contributed by atoms with Crippen molar-refractivity contribution >= 4 is 32.7 Å². The van der Waals surface area contributed by atoms with Crippen LogP contribution in [0.25, 0.3) is 99.8 Å². The largest absolute Gasteiger partial charge is 0.307 e. The lowest BCUT2D eigenvalue weighted by Crippen LogP contribution is -2.25. The molecule has 2 heteroatoms. The van der Waals surface area contributed by atoms with Crippen LogP contribution in [0.1, 0.15) is 22.3 Å². The Morgan fingerprint density at radius 2 is 0.769 bits per heavy atom. The van der Waals surface area contributed by atoms with Gasteiger partial charge in [-0.2, -0.15) is 0 Å². The summed E-state index contributed by atoms with van der Waals surface area (Å²) in [6.07, 6.45) is 0. The number of hydrogen-bond donors (Lipinski definition) is 0. The second-order valence-corrected chi connectivity index (χ2v) is 17.5. The number of aromatic nitrogens is 2. The van der Waals surface area contributed by atoms with E-state index < -0.39 is 5.41 Å². The van der Waals surface area contributed by atoms with Gasteiger partial charge in [0.15, 0.2) is 0 Å². The molecular formula is C63H40N2. The fourth-order valence-electron chi connectivity index (χ4n) is 11.8. The first kappa shape index (κ1) is 36.1. The second kappa shape index (κ2) is 13.8. The molecule has 0 bridgehead atoms. The maximum Gasteiger partial charge on any atom is 0.0789 e. The van der Waals surface area contributed by atoms with Crippen molar-refractivity contribution in [1.29, 1.82) is 0 Å². The van der Waals surface area contributed by atoms with Gasteiger partial charge in [0.25, 0.3) is 0 Å². The van der Waals surface area contributed by atoms with E-state index in [4.69, 9.17) is 0 Å². The van der Waals surface area contributed by atoms with Crippen LogP contribution in [0.4, 0.5) is 0 Å². The maximum absolute atomic E-state index is 2.52. The van der Waals surface area contributed by atoms with Gasteiger partial charge in [0, 0.05) is 33.1 Å². The monoisotopic (exact) mass is 824 g/mol. The smallest absolute Gasteiger partial charge is 0.0789 e. The average molecular weight is 825 g/mol. The second-order valence-electron chi connectivity index (χ2n) is 17.5. The fourth-order valence-corrected chi connectivity index (χ4v) is 11.8. The van der Waals surface area contributed by atoms with Crippen molar-refractivity contribution in [3.05, 3.63) is 265 Å². The summed E-state index contributed by atoms with van der Waals surface area (Å²) in [5.41, 5.74) is 23.3. The SMILES string of the molecule is c1ccc(-c2c(-c3ccccc3)n(-c3ccccc3)c3c2ccc2c4ccccc4n(-c4cccc(-c5ccc6c(c5)C5(c7ccccc7-c7ccccc75)c5ccccc5-6)c4)c23)cc1. The Bertz CT molecular complexity index is 3810. The molecule has 0 fully saturated rings. The molecule has 65 heavy (non-hydrogen) atoms. The highest BCUT2D eigenvalue weighted by molar-refractivity contribution is 6.22. The molecular weight excluding hydrogens is 785 g/mol. The van der Waals surface area contributed by atoms with Crippen LogP contribution in [0.5, 0.6) is 0 Å². The number of fused-ring (bicyclic) bond motifs is 15. The van der Waals surface area contributed by atoms with Crippen LogP contribution in [0.2, 0.25) is 0 Å². The molecule has 0 saturated carbocycles. The molecule has 14 rings (SSSR count). The van der Waals surface area contributed by atoms with Crippen LogP contribution in [-0.2, 0) is 5.41 Å². The molecule has 2 aromatic heterocycles. The van der Waals surface area contributed by atoms with E-state index in [1.165, 1.54) is 111 Å². The molecule has 10 aromatic carbocycles. The van der Waals surface area contributed by atoms with Gasteiger partial charge in [0.1, 0.15) is 0 Å². The van der Waals surface area contributed by atoms with Crippen molar-refractivity contribution in [2.24, 2.45) is 0 Å². The van der Waals surface area contributed by atoms with Crippen molar-refractivity contribution in [3.8, 4) is 67.1 Å². The van der Waals surface area contributed by atoms with Gasteiger partial charge in [-0.1, -0.05) is 206 Å². The Hall–Kier alpha value is -8.46. The highest BCUT2D eigenvalue weighted by Gasteiger charge is 2.51. The van der Waals surface area contributed by atoms with E-state index in [0.717, 1.165) is 11.4 Å². The molecule has 0 unspecified atom stereocenters. The summed E-state index contributed by atoms with van der Waals surface area (Å²) in [4.78, 5) is 0. The van der Waals surface area contributed by atoms with E-state index in [-0.39, 0.29) is 0 Å². The van der Waals surface area contributed by atoms with Crippen LogP contribution in [-0.4, -0.2) is 9.13 Å². The highest BCUT2D eigenvalue weighted by atomic mass is 15.1. The molecule has 1 spiro atoms. The summed E-state index contributed by atoms with van der Waals surface area (Å²) >= 11 is 0. The van der Waals surface area contributed by atoms with Gasteiger partial charge < -0.3 is 9.13 Å². The normalized spacial score (nSPS) is 13.0. The first-order valence-corrected chi connectivity index (χ1v) is 22.6. The zero-order chi connectivity index (χ0) is 42.6. The minimum Gasteiger partial charge on any atom is -0.307 e. The quantitative estimate of drug-likeness (QED) is 0.164. The van der Waals surface area contributed by atoms with E-state index in [2.05, 4.69) is 252 Å². The summed E-state index contributed by atoms with van der Waals surface area (Å²) < 4.78 is 5.04. The molecule has 12 aromatic rings. The molecule has 0 atom stereocenters. The van der Waals surface area contributed by atoms with Crippen molar-refractivity contribution < 1.29 is 0 Å². The first-order chi connectivity index (χ1) is 32.3. The van der Waals surface area contributed by atoms with E-state index in [0.29, 0.717) is 0 Å².